The molecule has 0 aliphatic carbocycles. The van der Waals surface area contributed by atoms with Crippen molar-refractivity contribution in [2.45, 2.75) is 25.9 Å². The van der Waals surface area contributed by atoms with Crippen LogP contribution < -0.4 is 5.32 Å². The zero-order valence-corrected chi connectivity index (χ0v) is 13.2. The molecule has 1 saturated heterocycles. The number of hydrogen-bond donors (Lipinski definition) is 1. The molecule has 0 spiro atoms. The third-order valence-corrected chi connectivity index (χ3v) is 3.50. The molecule has 106 valence electrons. The Morgan fingerprint density at radius 2 is 1.95 bits per heavy atom. The van der Waals surface area contributed by atoms with E-state index in [0.717, 1.165) is 0 Å². The summed E-state index contributed by atoms with van der Waals surface area (Å²) in [6.45, 7) is 5.26. The van der Waals surface area contributed by atoms with Gasteiger partial charge in [0.25, 0.3) is 5.91 Å². The molecule has 19 heavy (non-hydrogen) atoms. The molecule has 0 bridgehead atoms. The van der Waals surface area contributed by atoms with Crippen LogP contribution in [0, 0.1) is 5.82 Å². The zero-order chi connectivity index (χ0) is 13.3. The van der Waals surface area contributed by atoms with E-state index < -0.39 is 5.82 Å². The fourth-order valence-electron chi connectivity index (χ4n) is 2.33. The Balaban J connectivity index is 0.00000180. The van der Waals surface area contributed by atoms with Gasteiger partial charge in [-0.25, -0.2) is 4.39 Å². The molecule has 1 aromatic carbocycles. The summed E-state index contributed by atoms with van der Waals surface area (Å²) in [4.78, 5) is 14.0. The Bertz CT molecular complexity index is 462. The van der Waals surface area contributed by atoms with Gasteiger partial charge in [0.15, 0.2) is 0 Å². The van der Waals surface area contributed by atoms with Crippen LogP contribution in [0.25, 0.3) is 0 Å². The predicted molar refractivity (Wildman–Crippen MR) is 79.3 cm³/mol. The summed E-state index contributed by atoms with van der Waals surface area (Å²) < 4.78 is 14.4. The molecular weight excluding hydrogens is 335 g/mol. The number of hydrogen-bond acceptors (Lipinski definition) is 2. The van der Waals surface area contributed by atoms with Crippen LogP contribution in [0.3, 0.4) is 0 Å². The van der Waals surface area contributed by atoms with Crippen molar-refractivity contribution < 1.29 is 9.18 Å². The zero-order valence-electron chi connectivity index (χ0n) is 10.8. The highest BCUT2D eigenvalue weighted by molar-refractivity contribution is 9.10. The maximum atomic E-state index is 13.8. The minimum Gasteiger partial charge on any atom is -0.335 e. The first-order valence-electron chi connectivity index (χ1n) is 5.97. The fraction of sp³-hybridized carbons (Fsp3) is 0.462. The summed E-state index contributed by atoms with van der Waals surface area (Å²) in [5.41, 5.74) is 0.138. The fourth-order valence-corrected chi connectivity index (χ4v) is 2.66. The predicted octanol–water partition coefficient (Wildman–Crippen LogP) is 2.83. The summed E-state index contributed by atoms with van der Waals surface area (Å²) in [5, 5.41) is 3.34. The minimum atomic E-state index is -0.479. The maximum Gasteiger partial charge on any atom is 0.256 e. The topological polar surface area (TPSA) is 32.3 Å². The summed E-state index contributed by atoms with van der Waals surface area (Å²) in [5.74, 6) is -0.714. The van der Waals surface area contributed by atoms with Crippen LogP contribution >= 0.6 is 28.3 Å². The summed E-state index contributed by atoms with van der Waals surface area (Å²) in [6, 6.07) is 5.00. The van der Waals surface area contributed by atoms with E-state index in [-0.39, 0.29) is 36.0 Å². The Labute approximate surface area is 127 Å². The smallest absolute Gasteiger partial charge is 0.256 e. The first kappa shape index (κ1) is 16.4. The first-order valence-corrected chi connectivity index (χ1v) is 6.77. The number of carbonyl (C=O) groups is 1. The molecule has 2 unspecified atom stereocenters. The molecule has 1 aliphatic rings. The van der Waals surface area contributed by atoms with Gasteiger partial charge in [-0.3, -0.25) is 4.79 Å². The van der Waals surface area contributed by atoms with Gasteiger partial charge in [0.2, 0.25) is 0 Å². The molecule has 1 heterocycles. The van der Waals surface area contributed by atoms with E-state index in [1.807, 2.05) is 13.8 Å². The van der Waals surface area contributed by atoms with Crippen molar-refractivity contribution in [2.24, 2.45) is 0 Å². The van der Waals surface area contributed by atoms with E-state index >= 15 is 0 Å². The number of halogens is 3. The molecule has 2 atom stereocenters. The average Bonchev–Trinajstić information content (AvgIpc) is 2.26. The van der Waals surface area contributed by atoms with Crippen LogP contribution in [-0.2, 0) is 0 Å². The Kier molecular flexibility index (Phi) is 5.77. The standard InChI is InChI=1S/C13H16BrFN2O.ClH/c1-8-6-17(7-9(2)16-8)13(18)11-4-3-10(14)5-12(11)15;/h3-5,8-9,16H,6-7H2,1-2H3;1H. The van der Waals surface area contributed by atoms with E-state index in [1.165, 1.54) is 12.1 Å². The molecule has 1 amide bonds. The second kappa shape index (κ2) is 6.68. The normalized spacial score (nSPS) is 22.8. The summed E-state index contributed by atoms with van der Waals surface area (Å²) in [7, 11) is 0. The van der Waals surface area contributed by atoms with Crippen molar-refractivity contribution in [1.82, 2.24) is 10.2 Å². The van der Waals surface area contributed by atoms with Crippen molar-refractivity contribution >= 4 is 34.2 Å². The molecule has 1 aliphatic heterocycles. The van der Waals surface area contributed by atoms with E-state index in [9.17, 15) is 9.18 Å². The van der Waals surface area contributed by atoms with E-state index in [4.69, 9.17) is 0 Å². The van der Waals surface area contributed by atoms with Crippen LogP contribution in [0.5, 0.6) is 0 Å². The number of carbonyl (C=O) groups excluding carboxylic acids is 1. The van der Waals surface area contributed by atoms with Gasteiger partial charge in [-0.15, -0.1) is 12.4 Å². The van der Waals surface area contributed by atoms with Gasteiger partial charge in [-0.2, -0.15) is 0 Å². The van der Waals surface area contributed by atoms with Crippen LogP contribution in [0.1, 0.15) is 24.2 Å². The maximum absolute atomic E-state index is 13.8. The number of piperazine rings is 1. The number of amides is 1. The van der Waals surface area contributed by atoms with Crippen molar-refractivity contribution in [3.8, 4) is 0 Å². The van der Waals surface area contributed by atoms with Gasteiger partial charge in [0.05, 0.1) is 5.56 Å². The minimum absolute atomic E-state index is 0. The monoisotopic (exact) mass is 350 g/mol. The molecule has 0 radical (unpaired) electrons. The van der Waals surface area contributed by atoms with Gasteiger partial charge in [-0.05, 0) is 32.0 Å². The molecule has 0 saturated carbocycles. The number of nitrogens with one attached hydrogen (secondary N) is 1. The van der Waals surface area contributed by atoms with Crippen LogP contribution in [0.2, 0.25) is 0 Å². The third kappa shape index (κ3) is 3.91. The quantitative estimate of drug-likeness (QED) is 0.844. The van der Waals surface area contributed by atoms with Crippen LogP contribution in [0.4, 0.5) is 4.39 Å². The molecule has 1 aromatic rings. The SMILES string of the molecule is CC1CN(C(=O)c2ccc(Br)cc2F)CC(C)N1.Cl. The van der Waals surface area contributed by atoms with Gasteiger partial charge >= 0.3 is 0 Å². The van der Waals surface area contributed by atoms with Gasteiger partial charge < -0.3 is 10.2 Å². The lowest BCUT2D eigenvalue weighted by molar-refractivity contribution is 0.0669. The number of rotatable bonds is 1. The van der Waals surface area contributed by atoms with Crippen LogP contribution in [-0.4, -0.2) is 36.0 Å². The second-order valence-corrected chi connectivity index (χ2v) is 5.72. The lowest BCUT2D eigenvalue weighted by atomic mass is 10.1. The van der Waals surface area contributed by atoms with Crippen molar-refractivity contribution in [3.63, 3.8) is 0 Å². The molecule has 3 nitrogen and oxygen atoms in total. The number of nitrogens with zero attached hydrogens (tertiary/aromatic N) is 1. The molecule has 6 heteroatoms. The third-order valence-electron chi connectivity index (χ3n) is 3.01. The summed E-state index contributed by atoms with van der Waals surface area (Å²) in [6.07, 6.45) is 0. The van der Waals surface area contributed by atoms with Gasteiger partial charge in [0, 0.05) is 29.6 Å². The highest BCUT2D eigenvalue weighted by Crippen LogP contribution is 2.18. The van der Waals surface area contributed by atoms with Gasteiger partial charge in [0.1, 0.15) is 5.82 Å². The van der Waals surface area contributed by atoms with Gasteiger partial charge in [-0.1, -0.05) is 15.9 Å². The second-order valence-electron chi connectivity index (χ2n) is 4.80. The molecule has 1 N–H and O–H groups in total. The Morgan fingerprint density at radius 1 is 1.37 bits per heavy atom. The lowest BCUT2D eigenvalue weighted by Crippen LogP contribution is -2.55. The Hall–Kier alpha value is -0.650. The van der Waals surface area contributed by atoms with E-state index in [2.05, 4.69) is 21.2 Å². The van der Waals surface area contributed by atoms with Crippen molar-refractivity contribution in [1.29, 1.82) is 0 Å². The lowest BCUT2D eigenvalue weighted by Gasteiger charge is -2.36. The molecular formula is C13H17BrClFN2O. The summed E-state index contributed by atoms with van der Waals surface area (Å²) >= 11 is 3.19. The largest absolute Gasteiger partial charge is 0.335 e. The molecule has 2 rings (SSSR count). The molecule has 1 fully saturated rings. The highest BCUT2D eigenvalue weighted by Gasteiger charge is 2.26. The van der Waals surface area contributed by atoms with Crippen molar-refractivity contribution in [3.05, 3.63) is 34.1 Å². The molecule has 0 aromatic heterocycles. The Morgan fingerprint density at radius 3 is 2.47 bits per heavy atom. The number of benzene rings is 1. The van der Waals surface area contributed by atoms with Crippen molar-refractivity contribution in [2.75, 3.05) is 13.1 Å². The van der Waals surface area contributed by atoms with E-state index in [0.29, 0.717) is 17.6 Å². The average molecular weight is 352 g/mol. The highest BCUT2D eigenvalue weighted by atomic mass is 79.9. The first-order chi connectivity index (χ1) is 8.47. The van der Waals surface area contributed by atoms with Crippen LogP contribution in [0.15, 0.2) is 22.7 Å². The van der Waals surface area contributed by atoms with E-state index in [1.54, 1.807) is 11.0 Å².